The topological polar surface area (TPSA) is 78.4 Å². The standard InChI is InChI=1S/C14H17FN2O3/c1-8(6-9-2-3-9)16-14(20)17-10-4-5-12(15)11(7-10)13(18)19/h4-5,7-9H,2-3,6H2,1H3,(H,18,19)(H2,16,17,20). The predicted octanol–water partition coefficient (Wildman–Crippen LogP) is 2.83. The van der Waals surface area contributed by atoms with Gasteiger partial charge >= 0.3 is 12.0 Å². The molecule has 0 radical (unpaired) electrons. The summed E-state index contributed by atoms with van der Waals surface area (Å²) < 4.78 is 13.2. The Morgan fingerprint density at radius 1 is 1.45 bits per heavy atom. The average molecular weight is 280 g/mol. The Bertz CT molecular complexity index is 529. The lowest BCUT2D eigenvalue weighted by Gasteiger charge is -2.14. The second kappa shape index (κ2) is 5.90. The monoisotopic (exact) mass is 280 g/mol. The number of halogens is 1. The zero-order valence-electron chi connectivity index (χ0n) is 11.1. The molecule has 1 aromatic rings. The van der Waals surface area contributed by atoms with E-state index in [2.05, 4.69) is 10.6 Å². The molecule has 1 saturated carbocycles. The lowest BCUT2D eigenvalue weighted by atomic mass is 10.1. The Balaban J connectivity index is 1.93. The molecule has 0 heterocycles. The number of rotatable bonds is 5. The molecule has 2 rings (SSSR count). The van der Waals surface area contributed by atoms with Gasteiger partial charge in [0.2, 0.25) is 0 Å². The first-order valence-corrected chi connectivity index (χ1v) is 6.56. The number of anilines is 1. The Morgan fingerprint density at radius 3 is 2.75 bits per heavy atom. The van der Waals surface area contributed by atoms with E-state index in [4.69, 9.17) is 5.11 Å². The van der Waals surface area contributed by atoms with Gasteiger partial charge in [-0.3, -0.25) is 0 Å². The summed E-state index contributed by atoms with van der Waals surface area (Å²) >= 11 is 0. The van der Waals surface area contributed by atoms with E-state index in [0.717, 1.165) is 18.6 Å². The van der Waals surface area contributed by atoms with E-state index in [-0.39, 0.29) is 11.7 Å². The van der Waals surface area contributed by atoms with E-state index < -0.39 is 23.4 Å². The van der Waals surface area contributed by atoms with Gasteiger partial charge in [0.25, 0.3) is 0 Å². The smallest absolute Gasteiger partial charge is 0.338 e. The fourth-order valence-electron chi connectivity index (χ4n) is 2.07. The molecule has 1 unspecified atom stereocenters. The molecule has 0 spiro atoms. The van der Waals surface area contributed by atoms with Gasteiger partial charge in [-0.25, -0.2) is 14.0 Å². The minimum atomic E-state index is -1.37. The van der Waals surface area contributed by atoms with Gasteiger partial charge in [0.15, 0.2) is 0 Å². The molecule has 0 aromatic heterocycles. The number of carbonyl (C=O) groups excluding carboxylic acids is 1. The minimum absolute atomic E-state index is 0.0573. The molecule has 0 saturated heterocycles. The summed E-state index contributed by atoms with van der Waals surface area (Å²) in [5.74, 6) is -1.49. The molecular formula is C14H17FN2O3. The highest BCUT2D eigenvalue weighted by atomic mass is 19.1. The van der Waals surface area contributed by atoms with E-state index in [0.29, 0.717) is 5.92 Å². The van der Waals surface area contributed by atoms with Crippen molar-refractivity contribution in [2.24, 2.45) is 5.92 Å². The number of urea groups is 1. The fourth-order valence-corrected chi connectivity index (χ4v) is 2.07. The van der Waals surface area contributed by atoms with E-state index in [1.165, 1.54) is 18.9 Å². The maximum atomic E-state index is 13.2. The van der Waals surface area contributed by atoms with Crippen molar-refractivity contribution in [3.63, 3.8) is 0 Å². The van der Waals surface area contributed by atoms with Crippen LogP contribution in [0.2, 0.25) is 0 Å². The fraction of sp³-hybridized carbons (Fsp3) is 0.429. The predicted molar refractivity (Wildman–Crippen MR) is 72.3 cm³/mol. The summed E-state index contributed by atoms with van der Waals surface area (Å²) in [7, 11) is 0. The zero-order valence-corrected chi connectivity index (χ0v) is 11.1. The van der Waals surface area contributed by atoms with Crippen LogP contribution >= 0.6 is 0 Å². The molecule has 108 valence electrons. The summed E-state index contributed by atoms with van der Waals surface area (Å²) in [6, 6.07) is 3.09. The van der Waals surface area contributed by atoms with Crippen molar-refractivity contribution in [2.45, 2.75) is 32.2 Å². The Kier molecular flexibility index (Phi) is 4.22. The van der Waals surface area contributed by atoms with E-state index in [1.807, 2.05) is 6.92 Å². The number of aromatic carboxylic acids is 1. The first kappa shape index (κ1) is 14.3. The second-order valence-electron chi connectivity index (χ2n) is 5.18. The number of hydrogen-bond donors (Lipinski definition) is 3. The largest absolute Gasteiger partial charge is 0.478 e. The number of carboxylic acids is 1. The van der Waals surface area contributed by atoms with Crippen molar-refractivity contribution in [3.8, 4) is 0 Å². The molecule has 1 fully saturated rings. The van der Waals surface area contributed by atoms with Crippen molar-refractivity contribution in [2.75, 3.05) is 5.32 Å². The third kappa shape index (κ3) is 3.94. The van der Waals surface area contributed by atoms with Gasteiger partial charge in [-0.05, 0) is 37.5 Å². The lowest BCUT2D eigenvalue weighted by molar-refractivity contribution is 0.0692. The number of carbonyl (C=O) groups is 2. The molecule has 5 nitrogen and oxygen atoms in total. The van der Waals surface area contributed by atoms with Crippen LogP contribution in [0.1, 0.15) is 36.5 Å². The van der Waals surface area contributed by atoms with Gasteiger partial charge in [0.05, 0.1) is 5.56 Å². The van der Waals surface area contributed by atoms with Crippen molar-refractivity contribution >= 4 is 17.7 Å². The number of benzene rings is 1. The van der Waals surface area contributed by atoms with Crippen LogP contribution in [-0.2, 0) is 0 Å². The number of amides is 2. The molecule has 0 bridgehead atoms. The van der Waals surface area contributed by atoms with Gasteiger partial charge in [0.1, 0.15) is 5.82 Å². The maximum Gasteiger partial charge on any atom is 0.338 e. The summed E-state index contributed by atoms with van der Waals surface area (Å²) in [5.41, 5.74) is -0.214. The molecule has 1 aliphatic carbocycles. The van der Waals surface area contributed by atoms with Crippen molar-refractivity contribution in [1.82, 2.24) is 5.32 Å². The second-order valence-corrected chi connectivity index (χ2v) is 5.18. The van der Waals surface area contributed by atoms with Gasteiger partial charge in [-0.2, -0.15) is 0 Å². The lowest BCUT2D eigenvalue weighted by Crippen LogP contribution is -2.36. The van der Waals surface area contributed by atoms with E-state index in [9.17, 15) is 14.0 Å². The molecule has 1 aliphatic rings. The Morgan fingerprint density at radius 2 is 2.15 bits per heavy atom. The molecule has 2 amide bonds. The summed E-state index contributed by atoms with van der Waals surface area (Å²) in [4.78, 5) is 22.5. The average Bonchev–Trinajstić information content (AvgIpc) is 3.14. The highest BCUT2D eigenvalue weighted by Crippen LogP contribution is 2.33. The van der Waals surface area contributed by atoms with E-state index >= 15 is 0 Å². The van der Waals surface area contributed by atoms with E-state index in [1.54, 1.807) is 0 Å². The first-order valence-electron chi connectivity index (χ1n) is 6.56. The third-order valence-corrected chi connectivity index (χ3v) is 3.22. The van der Waals surface area contributed by atoms with Crippen LogP contribution < -0.4 is 10.6 Å². The summed E-state index contributed by atoms with van der Waals surface area (Å²) in [5, 5.41) is 14.1. The minimum Gasteiger partial charge on any atom is -0.478 e. The van der Waals surface area contributed by atoms with Crippen molar-refractivity contribution in [1.29, 1.82) is 0 Å². The molecule has 0 aliphatic heterocycles. The SMILES string of the molecule is CC(CC1CC1)NC(=O)Nc1ccc(F)c(C(=O)O)c1. The van der Waals surface area contributed by atoms with Crippen LogP contribution in [0.15, 0.2) is 18.2 Å². The Labute approximate surface area is 116 Å². The highest BCUT2D eigenvalue weighted by molar-refractivity contribution is 5.93. The van der Waals surface area contributed by atoms with Gasteiger partial charge < -0.3 is 15.7 Å². The normalized spacial score (nSPS) is 15.5. The van der Waals surface area contributed by atoms with Crippen LogP contribution in [0.3, 0.4) is 0 Å². The molecule has 1 atom stereocenters. The van der Waals surface area contributed by atoms with Gasteiger partial charge in [-0.15, -0.1) is 0 Å². The van der Waals surface area contributed by atoms with Crippen molar-refractivity contribution in [3.05, 3.63) is 29.6 Å². The maximum absolute atomic E-state index is 13.2. The highest BCUT2D eigenvalue weighted by Gasteiger charge is 2.24. The van der Waals surface area contributed by atoms with Crippen LogP contribution in [0.5, 0.6) is 0 Å². The van der Waals surface area contributed by atoms with Crippen LogP contribution in [0, 0.1) is 11.7 Å². The number of carboxylic acid groups (broad SMARTS) is 1. The summed E-state index contributed by atoms with van der Waals surface area (Å²) in [6.45, 7) is 1.92. The summed E-state index contributed by atoms with van der Waals surface area (Å²) in [6.07, 6.45) is 3.37. The molecule has 3 N–H and O–H groups in total. The number of nitrogens with one attached hydrogen (secondary N) is 2. The number of hydrogen-bond acceptors (Lipinski definition) is 2. The molecule has 1 aromatic carbocycles. The third-order valence-electron chi connectivity index (χ3n) is 3.22. The van der Waals surface area contributed by atoms with Crippen molar-refractivity contribution < 1.29 is 19.1 Å². The quantitative estimate of drug-likeness (QED) is 0.776. The Hall–Kier alpha value is -2.11. The molecule has 20 heavy (non-hydrogen) atoms. The van der Waals surface area contributed by atoms with Gasteiger partial charge in [-0.1, -0.05) is 12.8 Å². The molecule has 6 heteroatoms. The first-order chi connectivity index (χ1) is 9.45. The van der Waals surface area contributed by atoms with Crippen LogP contribution in [-0.4, -0.2) is 23.1 Å². The van der Waals surface area contributed by atoms with Gasteiger partial charge in [0, 0.05) is 11.7 Å². The van der Waals surface area contributed by atoms with Crippen LogP contribution in [0.25, 0.3) is 0 Å². The zero-order chi connectivity index (χ0) is 14.7. The van der Waals surface area contributed by atoms with Crippen LogP contribution in [0.4, 0.5) is 14.9 Å². The molecular weight excluding hydrogens is 263 g/mol.